The van der Waals surface area contributed by atoms with E-state index in [4.69, 9.17) is 0 Å². The second-order valence-electron chi connectivity index (χ2n) is 5.51. The Bertz CT molecular complexity index is 821. The van der Waals surface area contributed by atoms with Crippen LogP contribution in [0.15, 0.2) is 0 Å². The second kappa shape index (κ2) is 12.8. The molecule has 0 fully saturated rings. The van der Waals surface area contributed by atoms with Gasteiger partial charge >= 0.3 is 0 Å². The maximum atomic E-state index is 12.2. The maximum absolute atomic E-state index is 12.2. The second-order valence-corrected chi connectivity index (χ2v) is 42.4. The fourth-order valence-corrected chi connectivity index (χ4v) is 20.1. The summed E-state index contributed by atoms with van der Waals surface area (Å²) in [5, 5.41) is 0. The van der Waals surface area contributed by atoms with Crippen molar-refractivity contribution in [2.24, 2.45) is 0 Å². The van der Waals surface area contributed by atoms with Crippen molar-refractivity contribution >= 4 is 313 Å². The van der Waals surface area contributed by atoms with Crippen LogP contribution in [0.2, 0.25) is 0 Å². The Morgan fingerprint density at radius 2 is 0.562 bits per heavy atom. The van der Waals surface area contributed by atoms with Crippen LogP contribution in [0, 0.1) is 0 Å². The fraction of sp³-hybridized carbons (Fsp3) is 1.00. The minimum absolute atomic E-state index is 0.905. The third-order valence-electron chi connectivity index (χ3n) is 3.41. The summed E-state index contributed by atoms with van der Waals surface area (Å²) in [6.07, 6.45) is 0. The largest absolute Gasteiger partial charge is 0.293 e. The average Bonchev–Trinajstić information content (AvgIpc) is 2.51. The van der Waals surface area contributed by atoms with E-state index in [1.807, 2.05) is 0 Å². The molecule has 0 aromatic carbocycles. The molecular weight excluding hydrogens is 1710 g/mol. The van der Waals surface area contributed by atoms with Gasteiger partial charge in [-0.3, -0.25) is 4.55 Å². The molecule has 0 bridgehead atoms. The topological polar surface area (TPSA) is 54.4 Å². The van der Waals surface area contributed by atoms with Crippen molar-refractivity contribution in [2.75, 3.05) is 0 Å². The maximum Gasteiger partial charge on any atom is 0.293 e. The van der Waals surface area contributed by atoms with Gasteiger partial charge in [-0.15, -0.1) is 0 Å². The Balaban J connectivity index is 7.06. The van der Waals surface area contributed by atoms with Crippen LogP contribution >= 0.6 is 303 Å². The average molecular weight is 1710 g/mol. The van der Waals surface area contributed by atoms with Crippen molar-refractivity contribution in [3.8, 4) is 0 Å². The van der Waals surface area contributed by atoms with Crippen molar-refractivity contribution in [2.45, 2.75) is 27.3 Å². The molecular formula is C9HBr19O3S. The first-order chi connectivity index (χ1) is 13.2. The summed E-state index contributed by atoms with van der Waals surface area (Å²) in [6.45, 7) is 0. The molecule has 0 saturated carbocycles. The molecule has 0 amide bonds. The van der Waals surface area contributed by atoms with E-state index in [1.54, 1.807) is 0 Å². The van der Waals surface area contributed by atoms with Gasteiger partial charge in [0.05, 0.1) is 0 Å². The van der Waals surface area contributed by atoms with Gasteiger partial charge < -0.3 is 0 Å². The van der Waals surface area contributed by atoms with E-state index in [-0.39, 0.29) is 0 Å². The van der Waals surface area contributed by atoms with Crippen molar-refractivity contribution in [3.05, 3.63) is 0 Å². The van der Waals surface area contributed by atoms with Crippen molar-refractivity contribution in [1.29, 1.82) is 0 Å². The standard InChI is InChI=1S/C9HBr19O3S/c10-1(11,2(12,13)4(16,17)6(20,21)8(24,25)26)3(14,15)5(18,19)7(22,23)9(27,28)32(29,30)31/h(H,29,30,31). The molecule has 0 rings (SSSR count). The summed E-state index contributed by atoms with van der Waals surface area (Å²) in [5.41, 5.74) is 0. The first kappa shape index (κ1) is 41.0. The van der Waals surface area contributed by atoms with Crippen LogP contribution in [-0.4, -0.2) is 40.3 Å². The molecule has 0 saturated heterocycles. The number of hydrogen-bond donors (Lipinski definition) is 1. The molecule has 0 atom stereocenters. The highest BCUT2D eigenvalue weighted by Crippen LogP contribution is 2.79. The Hall–Kier alpha value is 9.03. The summed E-state index contributed by atoms with van der Waals surface area (Å²) < 4.78 is 21.8. The van der Waals surface area contributed by atoms with Gasteiger partial charge in [0, 0.05) is 0 Å². The molecule has 0 aliphatic carbocycles. The minimum Gasteiger partial charge on any atom is -0.284 e. The molecule has 0 aliphatic rings. The van der Waals surface area contributed by atoms with E-state index in [2.05, 4.69) is 303 Å². The van der Waals surface area contributed by atoms with Gasteiger partial charge in [0.1, 0.15) is 22.6 Å². The monoisotopic (exact) mass is 1690 g/mol. The molecule has 194 valence electrons. The smallest absolute Gasteiger partial charge is 0.284 e. The Morgan fingerprint density at radius 3 is 0.750 bits per heavy atom. The van der Waals surface area contributed by atoms with E-state index >= 15 is 0 Å². The summed E-state index contributed by atoms with van der Waals surface area (Å²) in [6, 6.07) is 0. The highest BCUT2D eigenvalue weighted by Gasteiger charge is 2.79. The molecule has 0 heterocycles. The molecule has 0 aromatic heterocycles. The molecule has 1 N–H and O–H groups in total. The van der Waals surface area contributed by atoms with Gasteiger partial charge in [-0.2, -0.15) is 8.42 Å². The third-order valence-corrected chi connectivity index (χ3v) is 45.1. The Labute approximate surface area is 345 Å². The number of rotatable bonds is 8. The normalized spacial score (nSPS) is 17.0. The van der Waals surface area contributed by atoms with Crippen LogP contribution in [0.25, 0.3) is 0 Å². The minimum atomic E-state index is -4.72. The van der Waals surface area contributed by atoms with Gasteiger partial charge in [0.15, 0.2) is 2.14 Å². The van der Waals surface area contributed by atoms with E-state index in [1.165, 1.54) is 0 Å². The lowest BCUT2D eigenvalue weighted by atomic mass is 10.1. The van der Waals surface area contributed by atoms with Crippen LogP contribution in [0.3, 0.4) is 0 Å². The molecule has 23 heteroatoms. The van der Waals surface area contributed by atoms with Crippen LogP contribution in [0.5, 0.6) is 0 Å². The van der Waals surface area contributed by atoms with Crippen molar-refractivity contribution in [1.82, 2.24) is 0 Å². The highest BCUT2D eigenvalue weighted by molar-refractivity contribution is 9.42. The van der Waals surface area contributed by atoms with Gasteiger partial charge in [0.2, 0.25) is 2.57 Å². The molecule has 0 aliphatic heterocycles. The predicted octanol–water partition coefficient (Wildman–Crippen LogP) is 13.6. The quantitative estimate of drug-likeness (QED) is 0.195. The lowest BCUT2D eigenvalue weighted by Crippen LogP contribution is -2.69. The zero-order valence-electron chi connectivity index (χ0n) is 13.4. The first-order valence-electron chi connectivity index (χ1n) is 6.31. The lowest BCUT2D eigenvalue weighted by molar-refractivity contribution is 0.471. The molecule has 0 spiro atoms. The molecule has 0 radical (unpaired) electrons. The number of alkyl halides is 19. The van der Waals surface area contributed by atoms with Crippen LogP contribution in [-0.2, 0) is 10.1 Å². The molecule has 3 nitrogen and oxygen atoms in total. The molecule has 0 unspecified atom stereocenters. The van der Waals surface area contributed by atoms with E-state index in [0.29, 0.717) is 0 Å². The van der Waals surface area contributed by atoms with Crippen molar-refractivity contribution in [3.63, 3.8) is 0 Å². The van der Waals surface area contributed by atoms with E-state index in [0.717, 1.165) is 0 Å². The summed E-state index contributed by atoms with van der Waals surface area (Å²) in [7, 11) is -4.72. The Morgan fingerprint density at radius 1 is 0.375 bits per heavy atom. The van der Waals surface area contributed by atoms with Gasteiger partial charge in [-0.25, -0.2) is 0 Å². The van der Waals surface area contributed by atoms with Gasteiger partial charge in [-0.05, 0) is 31.9 Å². The first-order valence-corrected chi connectivity index (χ1v) is 22.8. The molecule has 32 heavy (non-hydrogen) atoms. The van der Waals surface area contributed by atoms with Crippen LogP contribution in [0.1, 0.15) is 0 Å². The summed E-state index contributed by atoms with van der Waals surface area (Å²) in [4.78, 5) is 0. The van der Waals surface area contributed by atoms with Gasteiger partial charge in [0.25, 0.3) is 10.1 Å². The van der Waals surface area contributed by atoms with E-state index < -0.39 is 37.5 Å². The summed E-state index contributed by atoms with van der Waals surface area (Å²) >= 11 is 67.3. The van der Waals surface area contributed by atoms with Gasteiger partial charge in [-0.1, -0.05) is 271 Å². The van der Waals surface area contributed by atoms with Crippen LogP contribution < -0.4 is 0 Å². The zero-order chi connectivity index (χ0) is 27.0. The number of hydrogen-bond acceptors (Lipinski definition) is 2. The third kappa shape index (κ3) is 6.96. The zero-order valence-corrected chi connectivity index (χ0v) is 44.3. The van der Waals surface area contributed by atoms with Crippen LogP contribution in [0.4, 0.5) is 0 Å². The molecule has 0 aromatic rings. The summed E-state index contributed by atoms with van der Waals surface area (Å²) in [5.74, 6) is 0. The Kier molecular flexibility index (Phi) is 16.4. The van der Waals surface area contributed by atoms with E-state index in [9.17, 15) is 13.0 Å². The lowest BCUT2D eigenvalue weighted by Gasteiger charge is -2.58. The number of halogens is 19. The predicted molar refractivity (Wildman–Crippen MR) is 206 cm³/mol. The SMILES string of the molecule is O=S(=O)(O)C(Br)(Br)C(Br)(Br)C(Br)(Br)C(Br)(Br)C(Br)(Br)C(Br)(Br)C(Br)(Br)C(Br)(Br)C(Br)(Br)Br. The van der Waals surface area contributed by atoms with Crippen molar-refractivity contribution < 1.29 is 13.0 Å². The highest BCUT2D eigenvalue weighted by atomic mass is 80.0. The fourth-order valence-electron chi connectivity index (χ4n) is 1.51.